The Labute approximate surface area is 287 Å². The number of hydrogen-bond donors (Lipinski definition) is 0. The number of nitrogens with zero attached hydrogens (tertiary/aromatic N) is 1. The normalized spacial score (nSPS) is 11.7. The standard InChI is InChI=1S/C46H29NOS/c1-2-12-35-31(10-1)11-9-17-42(35)47(34-24-20-30(21-25-34)32-22-26-39-38-15-5-8-19-45(38)49-46(39)29-32)41-16-6-3-13-36(41)33-23-27-44-40(28-33)37-14-4-7-18-43(37)48-44/h1-29H. The molecule has 10 rings (SSSR count). The maximum absolute atomic E-state index is 6.18. The van der Waals surface area contributed by atoms with Crippen molar-refractivity contribution in [3.8, 4) is 22.3 Å². The van der Waals surface area contributed by atoms with Crippen molar-refractivity contribution in [1.29, 1.82) is 0 Å². The molecule has 0 unspecified atom stereocenters. The molecule has 0 saturated carbocycles. The fourth-order valence-electron chi connectivity index (χ4n) is 7.33. The lowest BCUT2D eigenvalue weighted by atomic mass is 9.98. The molecule has 0 spiro atoms. The summed E-state index contributed by atoms with van der Waals surface area (Å²) in [6.07, 6.45) is 0. The zero-order chi connectivity index (χ0) is 32.3. The molecule has 0 radical (unpaired) electrons. The van der Waals surface area contributed by atoms with Gasteiger partial charge in [-0.15, -0.1) is 11.3 Å². The second kappa shape index (κ2) is 11.2. The molecule has 2 nitrogen and oxygen atoms in total. The highest BCUT2D eigenvalue weighted by atomic mass is 32.1. The third kappa shape index (κ3) is 4.62. The lowest BCUT2D eigenvalue weighted by Gasteiger charge is -2.29. The average molecular weight is 644 g/mol. The van der Waals surface area contributed by atoms with Gasteiger partial charge < -0.3 is 9.32 Å². The van der Waals surface area contributed by atoms with Crippen molar-refractivity contribution in [2.45, 2.75) is 0 Å². The van der Waals surface area contributed by atoms with Gasteiger partial charge >= 0.3 is 0 Å². The minimum atomic E-state index is 0.901. The summed E-state index contributed by atoms with van der Waals surface area (Å²) in [4.78, 5) is 2.41. The van der Waals surface area contributed by atoms with Gasteiger partial charge in [-0.1, -0.05) is 121 Å². The van der Waals surface area contributed by atoms with Crippen LogP contribution in [0.4, 0.5) is 17.1 Å². The van der Waals surface area contributed by atoms with E-state index in [4.69, 9.17) is 4.42 Å². The molecule has 0 N–H and O–H groups in total. The monoisotopic (exact) mass is 643 g/mol. The van der Waals surface area contributed by atoms with Crippen LogP contribution in [0.1, 0.15) is 0 Å². The van der Waals surface area contributed by atoms with Crippen LogP contribution in [0.25, 0.3) is 75.1 Å². The fraction of sp³-hybridized carbons (Fsp3) is 0. The number of furan rings is 1. The van der Waals surface area contributed by atoms with Crippen molar-refractivity contribution in [2.24, 2.45) is 0 Å². The van der Waals surface area contributed by atoms with Crippen molar-refractivity contribution >= 4 is 81.3 Å². The first-order valence-electron chi connectivity index (χ1n) is 16.6. The average Bonchev–Trinajstić information content (AvgIpc) is 3.73. The summed E-state index contributed by atoms with van der Waals surface area (Å²) in [5.74, 6) is 0. The molecule has 230 valence electrons. The Morgan fingerprint density at radius 2 is 1.04 bits per heavy atom. The van der Waals surface area contributed by atoms with Gasteiger partial charge in [0.15, 0.2) is 0 Å². The quantitative estimate of drug-likeness (QED) is 0.186. The van der Waals surface area contributed by atoms with E-state index in [1.54, 1.807) is 0 Å². The van der Waals surface area contributed by atoms with Crippen molar-refractivity contribution < 1.29 is 4.42 Å². The Bertz CT molecular complexity index is 2840. The van der Waals surface area contributed by atoms with E-state index in [9.17, 15) is 0 Å². The van der Waals surface area contributed by atoms with Crippen molar-refractivity contribution in [1.82, 2.24) is 0 Å². The summed E-state index contributed by atoms with van der Waals surface area (Å²) in [6, 6.07) is 63.4. The molecule has 2 aromatic heterocycles. The van der Waals surface area contributed by atoms with Crippen molar-refractivity contribution in [2.75, 3.05) is 4.90 Å². The third-order valence-corrected chi connectivity index (χ3v) is 10.8. The van der Waals surface area contributed by atoms with Crippen molar-refractivity contribution in [3.63, 3.8) is 0 Å². The summed E-state index contributed by atoms with van der Waals surface area (Å²) in [5, 5.41) is 7.32. The minimum Gasteiger partial charge on any atom is -0.456 e. The highest BCUT2D eigenvalue weighted by Gasteiger charge is 2.20. The molecule has 8 aromatic carbocycles. The second-order valence-electron chi connectivity index (χ2n) is 12.5. The van der Waals surface area contributed by atoms with Gasteiger partial charge in [0.2, 0.25) is 0 Å². The number of thiophene rings is 1. The van der Waals surface area contributed by atoms with Crippen LogP contribution in [0, 0.1) is 0 Å². The molecular weight excluding hydrogens is 615 g/mol. The van der Waals surface area contributed by atoms with Gasteiger partial charge in [0, 0.05) is 47.6 Å². The van der Waals surface area contributed by atoms with Gasteiger partial charge in [0.25, 0.3) is 0 Å². The molecular formula is C46H29NOS. The lowest BCUT2D eigenvalue weighted by Crippen LogP contribution is -2.11. The number of benzene rings is 8. The van der Waals surface area contributed by atoms with Crippen LogP contribution in [-0.2, 0) is 0 Å². The van der Waals surface area contributed by atoms with Gasteiger partial charge in [-0.25, -0.2) is 0 Å². The molecule has 0 fully saturated rings. The van der Waals surface area contributed by atoms with E-state index in [2.05, 4.69) is 169 Å². The molecule has 0 aliphatic carbocycles. The van der Waals surface area contributed by atoms with Crippen LogP contribution in [0.15, 0.2) is 180 Å². The maximum atomic E-state index is 6.18. The van der Waals surface area contributed by atoms with Gasteiger partial charge in [-0.05, 0) is 76.7 Å². The van der Waals surface area contributed by atoms with E-state index in [0.29, 0.717) is 0 Å². The Balaban J connectivity index is 1.13. The third-order valence-electron chi connectivity index (χ3n) is 9.68. The summed E-state index contributed by atoms with van der Waals surface area (Å²) < 4.78 is 8.83. The summed E-state index contributed by atoms with van der Waals surface area (Å²) >= 11 is 1.86. The zero-order valence-electron chi connectivity index (χ0n) is 26.5. The molecule has 49 heavy (non-hydrogen) atoms. The van der Waals surface area contributed by atoms with Crippen LogP contribution in [-0.4, -0.2) is 0 Å². The molecule has 2 heterocycles. The topological polar surface area (TPSA) is 16.4 Å². The van der Waals surface area contributed by atoms with Crippen LogP contribution in [0.3, 0.4) is 0 Å². The number of anilines is 3. The number of fused-ring (bicyclic) bond motifs is 7. The minimum absolute atomic E-state index is 0.901. The Morgan fingerprint density at radius 3 is 1.96 bits per heavy atom. The van der Waals surface area contributed by atoms with E-state index in [1.807, 2.05) is 23.5 Å². The Kier molecular flexibility index (Phi) is 6.39. The van der Waals surface area contributed by atoms with Gasteiger partial charge in [-0.3, -0.25) is 0 Å². The van der Waals surface area contributed by atoms with E-state index in [1.165, 1.54) is 42.1 Å². The molecule has 10 aromatic rings. The predicted octanol–water partition coefficient (Wildman–Crippen LogP) is 13.9. The summed E-state index contributed by atoms with van der Waals surface area (Å²) in [6.45, 7) is 0. The SMILES string of the molecule is c1ccc(N(c2ccc(-c3ccc4c(c3)sc3ccccc34)cc2)c2cccc3ccccc23)c(-c2ccc3oc4ccccc4c3c2)c1. The summed E-state index contributed by atoms with van der Waals surface area (Å²) in [5.41, 5.74) is 9.89. The van der Waals surface area contributed by atoms with Crippen LogP contribution >= 0.6 is 11.3 Å². The van der Waals surface area contributed by atoms with E-state index in [0.717, 1.165) is 50.1 Å². The van der Waals surface area contributed by atoms with Gasteiger partial charge in [-0.2, -0.15) is 0 Å². The van der Waals surface area contributed by atoms with Crippen LogP contribution in [0.5, 0.6) is 0 Å². The van der Waals surface area contributed by atoms with E-state index in [-0.39, 0.29) is 0 Å². The maximum Gasteiger partial charge on any atom is 0.135 e. The molecule has 0 amide bonds. The smallest absolute Gasteiger partial charge is 0.135 e. The van der Waals surface area contributed by atoms with Crippen LogP contribution < -0.4 is 4.90 Å². The second-order valence-corrected chi connectivity index (χ2v) is 13.6. The van der Waals surface area contributed by atoms with Crippen LogP contribution in [0.2, 0.25) is 0 Å². The largest absolute Gasteiger partial charge is 0.456 e. The molecule has 0 aliphatic heterocycles. The van der Waals surface area contributed by atoms with Crippen molar-refractivity contribution in [3.05, 3.63) is 176 Å². The van der Waals surface area contributed by atoms with E-state index >= 15 is 0 Å². The highest BCUT2D eigenvalue weighted by molar-refractivity contribution is 7.25. The molecule has 0 saturated heterocycles. The Morgan fingerprint density at radius 1 is 0.388 bits per heavy atom. The predicted molar refractivity (Wildman–Crippen MR) is 210 cm³/mol. The Hall–Kier alpha value is -6.16. The number of hydrogen-bond acceptors (Lipinski definition) is 3. The number of rotatable bonds is 5. The van der Waals surface area contributed by atoms with Gasteiger partial charge in [0.05, 0.1) is 11.4 Å². The first-order valence-corrected chi connectivity index (χ1v) is 17.4. The van der Waals surface area contributed by atoms with E-state index < -0.39 is 0 Å². The lowest BCUT2D eigenvalue weighted by molar-refractivity contribution is 0.669. The molecule has 0 aliphatic rings. The first-order chi connectivity index (χ1) is 24.3. The number of para-hydroxylation sites is 2. The fourth-order valence-corrected chi connectivity index (χ4v) is 8.47. The highest BCUT2D eigenvalue weighted by Crippen LogP contribution is 2.45. The first kappa shape index (κ1) is 27.9. The van der Waals surface area contributed by atoms with Gasteiger partial charge in [0.1, 0.15) is 11.2 Å². The molecule has 3 heteroatoms. The summed E-state index contributed by atoms with van der Waals surface area (Å²) in [7, 11) is 0. The molecule has 0 bridgehead atoms. The zero-order valence-corrected chi connectivity index (χ0v) is 27.3. The molecule has 0 atom stereocenters.